The van der Waals surface area contributed by atoms with Crippen molar-refractivity contribution in [3.8, 4) is 6.07 Å². The number of H-pyrrole nitrogens is 1. The van der Waals surface area contributed by atoms with Crippen LogP contribution in [0.15, 0.2) is 24.5 Å². The first-order valence-corrected chi connectivity index (χ1v) is 19.2. The molecule has 12 heteroatoms. The summed E-state index contributed by atoms with van der Waals surface area (Å²) in [5.41, 5.74) is 9.80. The van der Waals surface area contributed by atoms with Crippen molar-refractivity contribution in [1.82, 2.24) is 29.7 Å². The molecule has 12 nitrogen and oxygen atoms in total. The second-order valence-electron chi connectivity index (χ2n) is 16.3. The lowest BCUT2D eigenvalue weighted by Crippen LogP contribution is -2.58. The fourth-order valence-corrected chi connectivity index (χ4v) is 9.45. The number of aromatic amines is 1. The van der Waals surface area contributed by atoms with E-state index < -0.39 is 30.7 Å². The van der Waals surface area contributed by atoms with Gasteiger partial charge in [0.25, 0.3) is 0 Å². The van der Waals surface area contributed by atoms with Crippen LogP contribution >= 0.6 is 0 Å². The molecule has 270 valence electrons. The van der Waals surface area contributed by atoms with Crippen molar-refractivity contribution in [3.63, 3.8) is 0 Å². The van der Waals surface area contributed by atoms with Crippen LogP contribution in [0.5, 0.6) is 0 Å². The van der Waals surface area contributed by atoms with E-state index in [-0.39, 0.29) is 17.1 Å². The van der Waals surface area contributed by atoms with E-state index in [4.69, 9.17) is 15.5 Å². The van der Waals surface area contributed by atoms with Gasteiger partial charge in [0, 0.05) is 25.0 Å². The molecule has 2 aromatic heterocycles. The van der Waals surface area contributed by atoms with Crippen LogP contribution in [0.4, 0.5) is 5.82 Å². The van der Waals surface area contributed by atoms with Crippen LogP contribution in [0.25, 0.3) is 11.0 Å². The zero-order valence-electron chi connectivity index (χ0n) is 29.7. The number of aryl methyl sites for hydroxylation is 1. The Morgan fingerprint density at radius 2 is 1.84 bits per heavy atom. The van der Waals surface area contributed by atoms with Gasteiger partial charge in [-0.25, -0.2) is 9.97 Å². The van der Waals surface area contributed by atoms with Gasteiger partial charge >= 0.3 is 0 Å². The van der Waals surface area contributed by atoms with Crippen LogP contribution in [0, 0.1) is 17.2 Å². The van der Waals surface area contributed by atoms with Gasteiger partial charge in [-0.3, -0.25) is 14.8 Å². The summed E-state index contributed by atoms with van der Waals surface area (Å²) in [6, 6.07) is 9.51. The number of nitrogens with zero attached hydrogens (tertiary/aromatic N) is 5. The molecule has 4 heterocycles. The predicted octanol–water partition coefficient (Wildman–Crippen LogP) is 4.86. The molecular formula is C38H55N9O3. The number of hydrogen-bond donors (Lipinski definition) is 6. The molecule has 1 aromatic carbocycles. The molecule has 0 radical (unpaired) electrons. The van der Waals surface area contributed by atoms with E-state index in [0.29, 0.717) is 24.2 Å². The number of nitrogens with two attached hydrogens (primary N) is 1. The molecule has 5 aliphatic rings. The Hall–Kier alpha value is -3.05. The first-order chi connectivity index (χ1) is 24.2. The van der Waals surface area contributed by atoms with Gasteiger partial charge < -0.3 is 31.0 Å². The van der Waals surface area contributed by atoms with Crippen molar-refractivity contribution in [1.29, 1.82) is 5.26 Å². The first kappa shape index (κ1) is 34.1. The number of hydrogen-bond acceptors (Lipinski definition) is 10. The Morgan fingerprint density at radius 1 is 1.08 bits per heavy atom. The number of rotatable bonds is 9. The molecule has 50 heavy (non-hydrogen) atoms. The fourth-order valence-electron chi connectivity index (χ4n) is 9.45. The summed E-state index contributed by atoms with van der Waals surface area (Å²) in [4.78, 5) is 15.5. The minimum absolute atomic E-state index is 0.274. The smallest absolute Gasteiger partial charge is 0.165 e. The molecule has 8 rings (SSSR count). The summed E-state index contributed by atoms with van der Waals surface area (Å²) in [7, 11) is 0. The van der Waals surface area contributed by atoms with E-state index in [1.165, 1.54) is 19.3 Å². The number of anilines is 1. The topological polar surface area (TPSA) is 173 Å². The van der Waals surface area contributed by atoms with Crippen LogP contribution in [0.2, 0.25) is 0 Å². The van der Waals surface area contributed by atoms with Crippen molar-refractivity contribution < 1.29 is 14.9 Å². The summed E-state index contributed by atoms with van der Waals surface area (Å²) in [6.07, 6.45) is 12.9. The van der Waals surface area contributed by atoms with E-state index in [9.17, 15) is 15.5 Å². The van der Waals surface area contributed by atoms with Crippen molar-refractivity contribution in [2.45, 2.75) is 158 Å². The second kappa shape index (κ2) is 13.5. The molecular weight excluding hydrogens is 630 g/mol. The highest BCUT2D eigenvalue weighted by Crippen LogP contribution is 2.44. The molecule has 0 bridgehead atoms. The van der Waals surface area contributed by atoms with Crippen LogP contribution in [0.1, 0.15) is 127 Å². The van der Waals surface area contributed by atoms with Gasteiger partial charge in [0.05, 0.1) is 34.5 Å². The number of aromatic nitrogens is 4. The maximum atomic E-state index is 11.3. The highest BCUT2D eigenvalue weighted by atomic mass is 16.6. The van der Waals surface area contributed by atoms with Crippen molar-refractivity contribution in [3.05, 3.63) is 41.6 Å². The molecule has 3 saturated carbocycles. The largest absolute Gasteiger partial charge is 0.387 e. The third kappa shape index (κ3) is 6.14. The molecule has 1 spiro atoms. The van der Waals surface area contributed by atoms with Gasteiger partial charge in [0.15, 0.2) is 6.23 Å². The van der Waals surface area contributed by atoms with E-state index in [2.05, 4.69) is 63.6 Å². The number of aliphatic hydroxyl groups excluding tert-OH is 2. The molecule has 1 saturated heterocycles. The molecule has 3 aliphatic carbocycles. The van der Waals surface area contributed by atoms with E-state index in [1.54, 1.807) is 6.33 Å². The van der Waals surface area contributed by atoms with Crippen molar-refractivity contribution in [2.24, 2.45) is 11.7 Å². The highest BCUT2D eigenvalue weighted by Gasteiger charge is 2.48. The molecule has 3 aromatic rings. The number of ether oxygens (including phenoxy) is 1. The summed E-state index contributed by atoms with van der Waals surface area (Å²) < 4.78 is 8.37. The average molecular weight is 686 g/mol. The lowest BCUT2D eigenvalue weighted by atomic mass is 9.65. The van der Waals surface area contributed by atoms with Gasteiger partial charge in [-0.15, -0.1) is 0 Å². The Morgan fingerprint density at radius 3 is 2.54 bits per heavy atom. The van der Waals surface area contributed by atoms with Crippen LogP contribution in [0.3, 0.4) is 0 Å². The van der Waals surface area contributed by atoms with Gasteiger partial charge in [-0.1, -0.05) is 25.3 Å². The van der Waals surface area contributed by atoms with Crippen molar-refractivity contribution in [2.75, 3.05) is 11.9 Å². The van der Waals surface area contributed by atoms with Crippen LogP contribution < -0.4 is 16.4 Å². The molecule has 7 N–H and O–H groups in total. The molecule has 2 aliphatic heterocycles. The lowest BCUT2D eigenvalue weighted by molar-refractivity contribution is -0.0628. The molecule has 0 amide bonds. The van der Waals surface area contributed by atoms with Crippen molar-refractivity contribution >= 4 is 16.9 Å². The number of nitriles is 1. The lowest BCUT2D eigenvalue weighted by Gasteiger charge is -2.46. The van der Waals surface area contributed by atoms with E-state index in [1.807, 2.05) is 4.57 Å². The monoisotopic (exact) mass is 685 g/mol. The Balaban J connectivity index is 0.882. The molecule has 1 unspecified atom stereocenters. The zero-order valence-corrected chi connectivity index (χ0v) is 29.7. The standard InChI is InChI=1S/C38H55N9O3/c1-23(2)46(26-17-24(18-26)9-12-30-42-27-11-10-25(19-28(27)43-30)37(21-39)13-8-14-37)20-29-32(48)33(49)36(50-29)47-22-41-31-34(40)44-38(45-35(31)47)15-6-4-3-5-7-16-38/h10-11,19,22-24,26,29,32-34,36,44-45,48-49H,3-9,12-18,20,40H2,1-2H3,(H,42,43)/t24?,26?,29-,32-,33-,34?,36-/m1/s1. The third-order valence-corrected chi connectivity index (χ3v) is 12.8. The highest BCUT2D eigenvalue weighted by molar-refractivity contribution is 5.76. The Labute approximate surface area is 295 Å². The van der Waals surface area contributed by atoms with E-state index >= 15 is 0 Å². The zero-order chi connectivity index (χ0) is 34.6. The minimum Gasteiger partial charge on any atom is -0.387 e. The second-order valence-corrected chi connectivity index (χ2v) is 16.3. The quantitative estimate of drug-likeness (QED) is 0.183. The summed E-state index contributed by atoms with van der Waals surface area (Å²) in [6.45, 7) is 4.95. The number of imidazole rings is 2. The van der Waals surface area contributed by atoms with Gasteiger partial charge in [0.1, 0.15) is 41.8 Å². The summed E-state index contributed by atoms with van der Waals surface area (Å²) in [5, 5.41) is 39.7. The maximum absolute atomic E-state index is 11.3. The summed E-state index contributed by atoms with van der Waals surface area (Å²) in [5.74, 6) is 2.40. The number of nitrogens with one attached hydrogen (secondary N) is 3. The van der Waals surface area contributed by atoms with Crippen LogP contribution in [-0.4, -0.2) is 77.2 Å². The predicted molar refractivity (Wildman–Crippen MR) is 191 cm³/mol. The Kier molecular flexibility index (Phi) is 9.19. The van der Waals surface area contributed by atoms with Gasteiger partial charge in [-0.05, 0) is 102 Å². The van der Waals surface area contributed by atoms with Crippen LogP contribution in [-0.2, 0) is 16.6 Å². The normalized spacial score (nSPS) is 31.8. The third-order valence-electron chi connectivity index (χ3n) is 12.8. The SMILES string of the molecule is CC(C)N(C[C@H]1O[C@@H](n2cnc3c2NC2(CCCCCCC2)NC3N)[C@H](O)[C@@H]1O)C1CC(CCc2nc3ccc(C4(C#N)CCC4)cc3[nH]2)C1. The average Bonchev–Trinajstić information content (AvgIpc) is 3.73. The first-order valence-electron chi connectivity index (χ1n) is 19.2. The van der Waals surface area contributed by atoms with E-state index in [0.717, 1.165) is 98.9 Å². The van der Waals surface area contributed by atoms with Gasteiger partial charge in [-0.2, -0.15) is 5.26 Å². The molecule has 5 atom stereocenters. The summed E-state index contributed by atoms with van der Waals surface area (Å²) >= 11 is 0. The molecule has 4 fully saturated rings. The number of fused-ring (bicyclic) bond motifs is 2. The van der Waals surface area contributed by atoms with Gasteiger partial charge in [0.2, 0.25) is 0 Å². The Bertz CT molecular complexity index is 1690. The number of aliphatic hydroxyl groups is 2. The minimum atomic E-state index is -1.08. The maximum Gasteiger partial charge on any atom is 0.165 e. The number of benzene rings is 1. The fraction of sp³-hybridized carbons (Fsp3) is 0.711.